The fourth-order valence-electron chi connectivity index (χ4n) is 4.28. The zero-order valence-electron chi connectivity index (χ0n) is 17.6. The number of piperazine rings is 1. The predicted octanol–water partition coefficient (Wildman–Crippen LogP) is 0.834. The third-order valence-corrected chi connectivity index (χ3v) is 5.94. The van der Waals surface area contributed by atoms with Gasteiger partial charge in [-0.1, -0.05) is 18.2 Å². The Labute approximate surface area is 185 Å². The van der Waals surface area contributed by atoms with Gasteiger partial charge < -0.3 is 19.7 Å². The number of anilines is 1. The van der Waals surface area contributed by atoms with E-state index in [4.69, 9.17) is 0 Å². The van der Waals surface area contributed by atoms with Crippen LogP contribution in [0.5, 0.6) is 0 Å². The number of benzene rings is 1. The Bertz CT molecular complexity index is 1090. The molecular formula is C22H24N8O2. The van der Waals surface area contributed by atoms with Crippen LogP contribution in [0.1, 0.15) is 34.5 Å². The lowest BCUT2D eigenvalue weighted by atomic mass is 10.1. The largest absolute Gasteiger partial charge is 0.345 e. The van der Waals surface area contributed by atoms with Crippen LogP contribution in [-0.4, -0.2) is 67.6 Å². The van der Waals surface area contributed by atoms with Crippen LogP contribution in [0.4, 0.5) is 5.95 Å². The van der Waals surface area contributed by atoms with Crippen molar-refractivity contribution >= 4 is 17.8 Å². The first kappa shape index (κ1) is 20.1. The highest BCUT2D eigenvalue weighted by Gasteiger charge is 2.36. The van der Waals surface area contributed by atoms with E-state index >= 15 is 0 Å². The van der Waals surface area contributed by atoms with Crippen molar-refractivity contribution in [1.82, 2.24) is 34.9 Å². The lowest BCUT2D eigenvalue weighted by Gasteiger charge is -2.36. The summed E-state index contributed by atoms with van der Waals surface area (Å²) in [5.41, 5.74) is 0.585. The van der Waals surface area contributed by atoms with Crippen molar-refractivity contribution in [2.24, 2.45) is 0 Å². The van der Waals surface area contributed by atoms with Crippen LogP contribution in [0.3, 0.4) is 0 Å². The second-order valence-corrected chi connectivity index (χ2v) is 7.87. The topological polar surface area (TPSA) is 109 Å². The molecule has 4 heterocycles. The number of rotatable bonds is 5. The van der Waals surface area contributed by atoms with Crippen LogP contribution in [0.2, 0.25) is 0 Å². The Kier molecular flexibility index (Phi) is 5.49. The maximum Gasteiger partial charge on any atom is 0.251 e. The van der Waals surface area contributed by atoms with Crippen LogP contribution in [-0.2, 0) is 17.8 Å². The summed E-state index contributed by atoms with van der Waals surface area (Å²) in [5.74, 6) is 1.99. The summed E-state index contributed by atoms with van der Waals surface area (Å²) in [4.78, 5) is 38.3. The number of hydrogen-bond acceptors (Lipinski definition) is 7. The van der Waals surface area contributed by atoms with Crippen molar-refractivity contribution in [2.75, 3.05) is 31.1 Å². The van der Waals surface area contributed by atoms with Crippen molar-refractivity contribution < 1.29 is 9.59 Å². The molecule has 2 aliphatic rings. The Hall–Kier alpha value is -3.82. The molecule has 2 aliphatic heterocycles. The number of aromatic nitrogens is 5. The van der Waals surface area contributed by atoms with Crippen molar-refractivity contribution in [3.8, 4) is 0 Å². The number of amides is 2. The number of carbonyl (C=O) groups excluding carboxylic acids is 2. The summed E-state index contributed by atoms with van der Waals surface area (Å²) in [7, 11) is 0. The third-order valence-electron chi connectivity index (χ3n) is 5.94. The van der Waals surface area contributed by atoms with Crippen LogP contribution in [0, 0.1) is 0 Å². The van der Waals surface area contributed by atoms with E-state index in [1.807, 2.05) is 27.7 Å². The molecule has 1 N–H and O–H groups in total. The fraction of sp³-hybridized carbons (Fsp3) is 0.364. The molecule has 1 atom stereocenters. The van der Waals surface area contributed by atoms with Crippen molar-refractivity contribution in [3.63, 3.8) is 0 Å². The molecule has 164 valence electrons. The smallest absolute Gasteiger partial charge is 0.251 e. The van der Waals surface area contributed by atoms with E-state index < -0.39 is 0 Å². The van der Waals surface area contributed by atoms with E-state index in [0.717, 1.165) is 5.82 Å². The molecule has 5 rings (SSSR count). The Morgan fingerprint density at radius 1 is 0.969 bits per heavy atom. The monoisotopic (exact) mass is 432 g/mol. The van der Waals surface area contributed by atoms with Gasteiger partial charge in [-0.05, 0) is 24.6 Å². The van der Waals surface area contributed by atoms with E-state index in [-0.39, 0.29) is 24.4 Å². The lowest BCUT2D eigenvalue weighted by molar-refractivity contribution is -0.135. The molecule has 10 heteroatoms. The van der Waals surface area contributed by atoms with Gasteiger partial charge in [0.15, 0.2) is 5.82 Å². The predicted molar refractivity (Wildman–Crippen MR) is 116 cm³/mol. The summed E-state index contributed by atoms with van der Waals surface area (Å²) < 4.78 is 1.90. The molecule has 1 saturated heterocycles. The normalized spacial score (nSPS) is 17.8. The molecule has 1 aromatic carbocycles. The minimum atomic E-state index is -0.330. The van der Waals surface area contributed by atoms with Crippen LogP contribution >= 0.6 is 0 Å². The van der Waals surface area contributed by atoms with Gasteiger partial charge in [-0.2, -0.15) is 0 Å². The molecule has 0 spiro atoms. The van der Waals surface area contributed by atoms with Crippen LogP contribution < -0.4 is 10.2 Å². The van der Waals surface area contributed by atoms with Gasteiger partial charge in [-0.15, -0.1) is 10.2 Å². The summed E-state index contributed by atoms with van der Waals surface area (Å²) in [6, 6.07) is 10.5. The first-order valence-electron chi connectivity index (χ1n) is 10.8. The maximum atomic E-state index is 13.3. The maximum absolute atomic E-state index is 13.3. The van der Waals surface area contributed by atoms with Gasteiger partial charge in [0, 0.05) is 50.6 Å². The van der Waals surface area contributed by atoms with E-state index in [2.05, 4.69) is 30.4 Å². The average molecular weight is 432 g/mol. The summed E-state index contributed by atoms with van der Waals surface area (Å²) >= 11 is 0. The molecular weight excluding hydrogens is 408 g/mol. The highest BCUT2D eigenvalue weighted by molar-refractivity contribution is 5.94. The Morgan fingerprint density at radius 2 is 1.72 bits per heavy atom. The zero-order valence-corrected chi connectivity index (χ0v) is 17.6. The minimum Gasteiger partial charge on any atom is -0.345 e. The van der Waals surface area contributed by atoms with Crippen molar-refractivity contribution in [2.45, 2.75) is 25.4 Å². The summed E-state index contributed by atoms with van der Waals surface area (Å²) in [6.45, 7) is 2.84. The molecule has 0 radical (unpaired) electrons. The molecule has 2 amide bonds. The van der Waals surface area contributed by atoms with Gasteiger partial charge in [0.2, 0.25) is 11.9 Å². The Balaban J connectivity index is 1.23. The molecule has 1 fully saturated rings. The number of nitrogens with zero attached hydrogens (tertiary/aromatic N) is 7. The number of aryl methyl sites for hydroxylation is 1. The number of hydrogen-bond donors (Lipinski definition) is 1. The van der Waals surface area contributed by atoms with E-state index in [9.17, 15) is 9.59 Å². The number of carbonyl (C=O) groups is 2. The van der Waals surface area contributed by atoms with Gasteiger partial charge in [0.1, 0.15) is 11.9 Å². The van der Waals surface area contributed by atoms with Gasteiger partial charge >= 0.3 is 0 Å². The molecule has 0 saturated carbocycles. The van der Waals surface area contributed by atoms with E-state index in [0.29, 0.717) is 56.4 Å². The van der Waals surface area contributed by atoms with Gasteiger partial charge in [-0.25, -0.2) is 9.97 Å². The SMILES string of the molecule is O=C(NCc1nnc2n1C(C(=O)N1CCN(c3ncccn3)CC1)CC2)c1ccccc1. The first-order chi connectivity index (χ1) is 15.7. The number of nitrogens with one attached hydrogen (secondary N) is 1. The van der Waals surface area contributed by atoms with E-state index in [1.54, 1.807) is 30.6 Å². The molecule has 10 nitrogen and oxygen atoms in total. The van der Waals surface area contributed by atoms with E-state index in [1.165, 1.54) is 0 Å². The van der Waals surface area contributed by atoms with Crippen molar-refractivity contribution in [1.29, 1.82) is 0 Å². The fourth-order valence-corrected chi connectivity index (χ4v) is 4.28. The van der Waals surface area contributed by atoms with Crippen LogP contribution in [0.15, 0.2) is 48.8 Å². The Morgan fingerprint density at radius 3 is 2.47 bits per heavy atom. The highest BCUT2D eigenvalue weighted by atomic mass is 16.2. The second-order valence-electron chi connectivity index (χ2n) is 7.87. The average Bonchev–Trinajstić information content (AvgIpc) is 3.46. The molecule has 2 aromatic heterocycles. The first-order valence-corrected chi connectivity index (χ1v) is 10.8. The van der Waals surface area contributed by atoms with Gasteiger partial charge in [-0.3, -0.25) is 9.59 Å². The van der Waals surface area contributed by atoms with Crippen LogP contribution in [0.25, 0.3) is 0 Å². The molecule has 0 aliphatic carbocycles. The van der Waals surface area contributed by atoms with Crippen molar-refractivity contribution in [3.05, 3.63) is 66.0 Å². The summed E-state index contributed by atoms with van der Waals surface area (Å²) in [5, 5.41) is 11.4. The standard InChI is InChI=1S/C22H24N8O2/c31-20(16-5-2-1-3-6-16)25-15-19-27-26-18-8-7-17(30(18)19)21(32)28-11-13-29(14-12-28)22-23-9-4-10-24-22/h1-6,9-10,17H,7-8,11-15H2,(H,25,31). The quantitative estimate of drug-likeness (QED) is 0.636. The lowest BCUT2D eigenvalue weighted by Crippen LogP contribution is -2.51. The molecule has 0 bridgehead atoms. The summed E-state index contributed by atoms with van der Waals surface area (Å²) in [6.07, 6.45) is 4.85. The minimum absolute atomic E-state index is 0.0767. The molecule has 1 unspecified atom stereocenters. The third kappa shape index (κ3) is 3.91. The molecule has 3 aromatic rings. The number of fused-ring (bicyclic) bond motifs is 1. The van der Waals surface area contributed by atoms with Gasteiger partial charge in [0.05, 0.1) is 6.54 Å². The zero-order chi connectivity index (χ0) is 21.9. The highest BCUT2D eigenvalue weighted by Crippen LogP contribution is 2.28. The van der Waals surface area contributed by atoms with Gasteiger partial charge in [0.25, 0.3) is 5.91 Å². The second kappa shape index (κ2) is 8.74. The molecule has 32 heavy (non-hydrogen) atoms.